The molecule has 0 saturated heterocycles. The molecule has 0 aliphatic heterocycles. The summed E-state index contributed by atoms with van der Waals surface area (Å²) >= 11 is 1.46. The van der Waals surface area contributed by atoms with Crippen LogP contribution in [0, 0.1) is 12.3 Å². The summed E-state index contributed by atoms with van der Waals surface area (Å²) in [6.45, 7) is 0. The van der Waals surface area contributed by atoms with E-state index in [1.165, 1.54) is 18.8 Å². The minimum atomic E-state index is -0.483. The monoisotopic (exact) mass is 221 g/mol. The van der Waals surface area contributed by atoms with E-state index in [1.54, 1.807) is 12.1 Å². The van der Waals surface area contributed by atoms with Crippen molar-refractivity contribution in [1.82, 2.24) is 5.32 Å². The van der Waals surface area contributed by atoms with E-state index in [1.807, 2.05) is 12.1 Å². The van der Waals surface area contributed by atoms with Gasteiger partial charge in [-0.1, -0.05) is 18.1 Å². The molecule has 1 rings (SSSR count). The number of hydrogen-bond acceptors (Lipinski definition) is 3. The molecule has 0 fully saturated rings. The lowest BCUT2D eigenvalue weighted by Gasteiger charge is -2.07. The lowest BCUT2D eigenvalue weighted by atomic mass is 10.3. The normalized spacial score (nSPS) is 9.07. The molecule has 1 amide bonds. The minimum Gasteiger partial charge on any atom is -0.409 e. The summed E-state index contributed by atoms with van der Waals surface area (Å²) in [7, 11) is 1.51. The van der Waals surface area contributed by atoms with Crippen LogP contribution in [0.25, 0.3) is 0 Å². The van der Waals surface area contributed by atoms with Crippen molar-refractivity contribution >= 4 is 17.9 Å². The fraction of sp³-hybridized carbons (Fsp3) is 0.182. The van der Waals surface area contributed by atoms with Crippen LogP contribution in [0.4, 0.5) is 4.79 Å². The van der Waals surface area contributed by atoms with Gasteiger partial charge in [0.15, 0.2) is 0 Å². The Labute approximate surface area is 93.2 Å². The van der Waals surface area contributed by atoms with Crippen LogP contribution in [0.1, 0.15) is 0 Å². The number of amides is 1. The summed E-state index contributed by atoms with van der Waals surface area (Å²) in [6, 6.07) is 7.27. The summed E-state index contributed by atoms with van der Waals surface area (Å²) in [5, 5.41) is 2.39. The third-order valence-corrected chi connectivity index (χ3v) is 2.53. The Hall–Kier alpha value is -1.60. The van der Waals surface area contributed by atoms with Gasteiger partial charge in [-0.2, -0.15) is 0 Å². The number of para-hydroxylation sites is 1. The third-order valence-electron chi connectivity index (χ3n) is 1.57. The van der Waals surface area contributed by atoms with Crippen LogP contribution < -0.4 is 10.1 Å². The van der Waals surface area contributed by atoms with Gasteiger partial charge in [0.25, 0.3) is 0 Å². The lowest BCUT2D eigenvalue weighted by Crippen LogP contribution is -2.22. The van der Waals surface area contributed by atoms with Crippen molar-refractivity contribution in [1.29, 1.82) is 0 Å². The van der Waals surface area contributed by atoms with Gasteiger partial charge < -0.3 is 10.1 Å². The molecule has 0 spiro atoms. The van der Waals surface area contributed by atoms with Gasteiger partial charge in [-0.05, 0) is 12.1 Å². The van der Waals surface area contributed by atoms with Crippen molar-refractivity contribution in [2.75, 3.05) is 12.8 Å². The standard InChI is InChI=1S/C11H11NO2S/c1-3-8-15-10-7-5-4-6-9(10)14-11(13)12-2/h1,4-7H,8H2,2H3,(H,12,13). The molecular weight excluding hydrogens is 210 g/mol. The molecule has 4 heteroatoms. The first-order valence-electron chi connectivity index (χ1n) is 4.32. The Bertz CT molecular complexity index is 384. The number of thioether (sulfide) groups is 1. The molecule has 0 aliphatic rings. The first kappa shape index (κ1) is 11.5. The second-order valence-electron chi connectivity index (χ2n) is 2.58. The third kappa shape index (κ3) is 3.56. The van der Waals surface area contributed by atoms with Crippen molar-refractivity contribution in [2.45, 2.75) is 4.90 Å². The Balaban J connectivity index is 2.77. The van der Waals surface area contributed by atoms with Gasteiger partial charge >= 0.3 is 6.09 Å². The van der Waals surface area contributed by atoms with Crippen molar-refractivity contribution < 1.29 is 9.53 Å². The molecule has 0 atom stereocenters. The Morgan fingerprint density at radius 2 is 2.33 bits per heavy atom. The maximum Gasteiger partial charge on any atom is 0.412 e. The molecule has 0 heterocycles. The van der Waals surface area contributed by atoms with E-state index >= 15 is 0 Å². The summed E-state index contributed by atoms with van der Waals surface area (Å²) in [5.41, 5.74) is 0. The zero-order valence-electron chi connectivity index (χ0n) is 8.32. The van der Waals surface area contributed by atoms with Crippen LogP contribution in [-0.2, 0) is 0 Å². The minimum absolute atomic E-state index is 0.483. The average Bonchev–Trinajstić information content (AvgIpc) is 2.28. The predicted molar refractivity (Wildman–Crippen MR) is 61.1 cm³/mol. The molecule has 0 saturated carbocycles. The van der Waals surface area contributed by atoms with Crippen molar-refractivity contribution in [3.05, 3.63) is 24.3 Å². The Kier molecular flexibility index (Phi) is 4.58. The number of ether oxygens (including phenoxy) is 1. The highest BCUT2D eigenvalue weighted by Crippen LogP contribution is 2.28. The van der Waals surface area contributed by atoms with E-state index in [4.69, 9.17) is 11.2 Å². The quantitative estimate of drug-likeness (QED) is 0.627. The molecule has 1 aromatic rings. The SMILES string of the molecule is C#CCSc1ccccc1OC(=O)NC. The molecule has 0 unspecified atom stereocenters. The van der Waals surface area contributed by atoms with Gasteiger partial charge in [-0.15, -0.1) is 18.2 Å². The van der Waals surface area contributed by atoms with Crippen LogP contribution in [0.2, 0.25) is 0 Å². The second-order valence-corrected chi connectivity index (χ2v) is 3.60. The van der Waals surface area contributed by atoms with Gasteiger partial charge in [0.1, 0.15) is 5.75 Å². The van der Waals surface area contributed by atoms with Crippen LogP contribution in [-0.4, -0.2) is 18.9 Å². The predicted octanol–water partition coefficient (Wildman–Crippen LogP) is 2.13. The fourth-order valence-electron chi connectivity index (χ4n) is 0.924. The van der Waals surface area contributed by atoms with Gasteiger partial charge in [0.05, 0.1) is 10.6 Å². The van der Waals surface area contributed by atoms with Gasteiger partial charge in [0.2, 0.25) is 0 Å². The first-order chi connectivity index (χ1) is 7.27. The second kappa shape index (κ2) is 5.99. The van der Waals surface area contributed by atoms with E-state index in [0.717, 1.165) is 4.90 Å². The van der Waals surface area contributed by atoms with Crippen LogP contribution in [0.5, 0.6) is 5.75 Å². The van der Waals surface area contributed by atoms with Crippen LogP contribution >= 0.6 is 11.8 Å². The zero-order valence-corrected chi connectivity index (χ0v) is 9.14. The summed E-state index contributed by atoms with van der Waals surface area (Å²) in [4.78, 5) is 11.9. The molecule has 0 radical (unpaired) electrons. The van der Waals surface area contributed by atoms with Crippen molar-refractivity contribution in [3.63, 3.8) is 0 Å². The smallest absolute Gasteiger partial charge is 0.409 e. The zero-order chi connectivity index (χ0) is 11.1. The number of terminal acetylenes is 1. The molecule has 15 heavy (non-hydrogen) atoms. The average molecular weight is 221 g/mol. The van der Waals surface area contributed by atoms with Crippen LogP contribution in [0.15, 0.2) is 29.2 Å². The number of carbonyl (C=O) groups excluding carboxylic acids is 1. The largest absolute Gasteiger partial charge is 0.412 e. The molecular formula is C11H11NO2S. The number of benzene rings is 1. The first-order valence-corrected chi connectivity index (χ1v) is 5.31. The molecule has 1 N–H and O–H groups in total. The maximum absolute atomic E-state index is 11.0. The fourth-order valence-corrected chi connectivity index (χ4v) is 1.59. The van der Waals surface area contributed by atoms with Crippen molar-refractivity contribution in [2.24, 2.45) is 0 Å². The lowest BCUT2D eigenvalue weighted by molar-refractivity contribution is 0.202. The van der Waals surface area contributed by atoms with E-state index in [-0.39, 0.29) is 0 Å². The van der Waals surface area contributed by atoms with E-state index in [2.05, 4.69) is 11.2 Å². The van der Waals surface area contributed by atoms with Gasteiger partial charge in [0, 0.05) is 7.05 Å². The van der Waals surface area contributed by atoms with Crippen molar-refractivity contribution in [3.8, 4) is 18.1 Å². The molecule has 1 aromatic carbocycles. The molecule has 0 bridgehead atoms. The molecule has 0 aliphatic carbocycles. The molecule has 0 aromatic heterocycles. The van der Waals surface area contributed by atoms with E-state index in [9.17, 15) is 4.79 Å². The Morgan fingerprint density at radius 1 is 1.60 bits per heavy atom. The number of hydrogen-bond donors (Lipinski definition) is 1. The number of nitrogens with one attached hydrogen (secondary N) is 1. The highest BCUT2D eigenvalue weighted by molar-refractivity contribution is 7.99. The topological polar surface area (TPSA) is 38.3 Å². The summed E-state index contributed by atoms with van der Waals surface area (Å²) in [6.07, 6.45) is 4.68. The highest BCUT2D eigenvalue weighted by Gasteiger charge is 2.06. The number of carbonyl (C=O) groups is 1. The summed E-state index contributed by atoms with van der Waals surface area (Å²) in [5.74, 6) is 3.59. The van der Waals surface area contributed by atoms with Gasteiger partial charge in [-0.3, -0.25) is 0 Å². The van der Waals surface area contributed by atoms with E-state index < -0.39 is 6.09 Å². The highest BCUT2D eigenvalue weighted by atomic mass is 32.2. The number of rotatable bonds is 3. The maximum atomic E-state index is 11.0. The Morgan fingerprint density at radius 3 is 3.00 bits per heavy atom. The van der Waals surface area contributed by atoms with E-state index in [0.29, 0.717) is 11.5 Å². The molecule has 78 valence electrons. The summed E-state index contributed by atoms with van der Waals surface area (Å²) < 4.78 is 5.05. The van der Waals surface area contributed by atoms with Crippen LogP contribution in [0.3, 0.4) is 0 Å². The van der Waals surface area contributed by atoms with Gasteiger partial charge in [-0.25, -0.2) is 4.79 Å². The molecule has 3 nitrogen and oxygen atoms in total.